The van der Waals surface area contributed by atoms with Gasteiger partial charge in [-0.05, 0) is 60.5 Å². The number of methoxy groups -OCH3 is 1. The predicted molar refractivity (Wildman–Crippen MR) is 108 cm³/mol. The van der Waals surface area contributed by atoms with Crippen LogP contribution in [0.2, 0.25) is 5.02 Å². The molecule has 0 atom stereocenters. The smallest absolute Gasteiger partial charge is 0.261 e. The van der Waals surface area contributed by atoms with E-state index in [-0.39, 0.29) is 12.5 Å². The highest BCUT2D eigenvalue weighted by molar-refractivity contribution is 6.31. The summed E-state index contributed by atoms with van der Waals surface area (Å²) in [6.07, 6.45) is 1.60. The lowest BCUT2D eigenvalue weighted by Crippen LogP contribution is -2.34. The van der Waals surface area contributed by atoms with E-state index in [1.807, 2.05) is 43.3 Å². The summed E-state index contributed by atoms with van der Waals surface area (Å²) >= 11 is 6.04. The Morgan fingerprint density at radius 2 is 1.82 bits per heavy atom. The van der Waals surface area contributed by atoms with Crippen molar-refractivity contribution in [3.8, 4) is 11.5 Å². The minimum atomic E-state index is -0.139. The first-order valence-corrected chi connectivity index (χ1v) is 9.25. The molecule has 0 saturated heterocycles. The number of furan rings is 1. The number of hydrogen-bond donors (Lipinski definition) is 0. The number of nitrogens with zero attached hydrogens (tertiary/aromatic N) is 1. The van der Waals surface area contributed by atoms with Crippen LogP contribution in [0.4, 0.5) is 0 Å². The van der Waals surface area contributed by atoms with Gasteiger partial charge in [0.2, 0.25) is 0 Å². The van der Waals surface area contributed by atoms with E-state index in [0.717, 1.165) is 16.9 Å². The molecule has 0 bridgehead atoms. The van der Waals surface area contributed by atoms with Crippen LogP contribution in [0.15, 0.2) is 65.3 Å². The summed E-state index contributed by atoms with van der Waals surface area (Å²) in [4.78, 5) is 14.5. The molecule has 1 aromatic heterocycles. The number of amides is 1. The molecule has 6 heteroatoms. The van der Waals surface area contributed by atoms with Crippen LogP contribution in [-0.4, -0.2) is 24.5 Å². The van der Waals surface area contributed by atoms with E-state index in [1.165, 1.54) is 0 Å². The van der Waals surface area contributed by atoms with Crippen LogP contribution in [-0.2, 0) is 17.9 Å². The first kappa shape index (κ1) is 19.8. The standard InChI is InChI=1S/C22H22ClNO4/c1-16-12-19(9-10-21(16)23)28-15-22(25)24(14-20-4-3-11-27-20)13-17-5-7-18(26-2)8-6-17/h3-12H,13-15H2,1-2H3. The van der Waals surface area contributed by atoms with Gasteiger partial charge in [-0.15, -0.1) is 0 Å². The molecule has 0 fully saturated rings. The average Bonchev–Trinajstić information content (AvgIpc) is 3.22. The average molecular weight is 400 g/mol. The number of carbonyl (C=O) groups is 1. The third kappa shape index (κ3) is 5.30. The Morgan fingerprint density at radius 3 is 2.46 bits per heavy atom. The Morgan fingerprint density at radius 1 is 1.07 bits per heavy atom. The minimum Gasteiger partial charge on any atom is -0.497 e. The van der Waals surface area contributed by atoms with Crippen molar-refractivity contribution in [1.29, 1.82) is 0 Å². The summed E-state index contributed by atoms with van der Waals surface area (Å²) in [7, 11) is 1.62. The van der Waals surface area contributed by atoms with Gasteiger partial charge in [0.25, 0.3) is 5.91 Å². The fraction of sp³-hybridized carbons (Fsp3) is 0.227. The Bertz CT molecular complexity index is 907. The fourth-order valence-corrected chi connectivity index (χ4v) is 2.84. The zero-order valence-corrected chi connectivity index (χ0v) is 16.6. The van der Waals surface area contributed by atoms with Gasteiger partial charge in [-0.2, -0.15) is 0 Å². The molecule has 0 radical (unpaired) electrons. The van der Waals surface area contributed by atoms with Crippen LogP contribution < -0.4 is 9.47 Å². The highest BCUT2D eigenvalue weighted by atomic mass is 35.5. The van der Waals surface area contributed by atoms with Crippen molar-refractivity contribution in [2.75, 3.05) is 13.7 Å². The van der Waals surface area contributed by atoms with Crippen LogP contribution in [0.25, 0.3) is 0 Å². The lowest BCUT2D eigenvalue weighted by Gasteiger charge is -2.22. The summed E-state index contributed by atoms with van der Waals surface area (Å²) < 4.78 is 16.3. The molecule has 0 N–H and O–H groups in total. The molecular formula is C22H22ClNO4. The van der Waals surface area contributed by atoms with Gasteiger partial charge in [0.1, 0.15) is 17.3 Å². The normalized spacial score (nSPS) is 10.5. The van der Waals surface area contributed by atoms with E-state index in [1.54, 1.807) is 36.5 Å². The van der Waals surface area contributed by atoms with Gasteiger partial charge < -0.3 is 18.8 Å². The summed E-state index contributed by atoms with van der Waals surface area (Å²) in [5.41, 5.74) is 1.89. The van der Waals surface area contributed by atoms with Crippen LogP contribution in [0.5, 0.6) is 11.5 Å². The van der Waals surface area contributed by atoms with Crippen molar-refractivity contribution in [3.05, 3.63) is 82.8 Å². The van der Waals surface area contributed by atoms with Gasteiger partial charge >= 0.3 is 0 Å². The van der Waals surface area contributed by atoms with E-state index in [0.29, 0.717) is 29.6 Å². The Balaban J connectivity index is 1.69. The Labute approximate surface area is 169 Å². The maximum absolute atomic E-state index is 12.8. The molecule has 0 saturated carbocycles. The number of rotatable bonds is 8. The molecule has 1 heterocycles. The van der Waals surface area contributed by atoms with Gasteiger partial charge in [-0.1, -0.05) is 23.7 Å². The molecule has 0 aliphatic rings. The van der Waals surface area contributed by atoms with Crippen molar-refractivity contribution < 1.29 is 18.7 Å². The van der Waals surface area contributed by atoms with Crippen molar-refractivity contribution in [2.45, 2.75) is 20.0 Å². The third-order valence-corrected chi connectivity index (χ3v) is 4.73. The van der Waals surface area contributed by atoms with Crippen LogP contribution in [0.1, 0.15) is 16.9 Å². The second kappa shape index (κ2) is 9.33. The van der Waals surface area contributed by atoms with Gasteiger partial charge in [0, 0.05) is 11.6 Å². The molecule has 0 spiro atoms. The number of aryl methyl sites for hydroxylation is 1. The first-order valence-electron chi connectivity index (χ1n) is 8.87. The van der Waals surface area contributed by atoms with E-state index in [9.17, 15) is 4.79 Å². The minimum absolute atomic E-state index is 0.0715. The maximum atomic E-state index is 12.8. The lowest BCUT2D eigenvalue weighted by atomic mass is 10.2. The van der Waals surface area contributed by atoms with E-state index in [4.69, 9.17) is 25.5 Å². The van der Waals surface area contributed by atoms with Gasteiger partial charge in [0.15, 0.2) is 6.61 Å². The Hall–Kier alpha value is -2.92. The molecule has 3 rings (SSSR count). The summed E-state index contributed by atoms with van der Waals surface area (Å²) in [6.45, 7) is 2.62. The summed E-state index contributed by atoms with van der Waals surface area (Å²) in [6, 6.07) is 16.6. The van der Waals surface area contributed by atoms with Crippen LogP contribution >= 0.6 is 11.6 Å². The SMILES string of the molecule is COc1ccc(CN(Cc2ccco2)C(=O)COc2ccc(Cl)c(C)c2)cc1. The van der Waals surface area contributed by atoms with Crippen LogP contribution in [0.3, 0.4) is 0 Å². The van der Waals surface area contributed by atoms with Crippen molar-refractivity contribution in [1.82, 2.24) is 4.90 Å². The lowest BCUT2D eigenvalue weighted by molar-refractivity contribution is -0.134. The monoisotopic (exact) mass is 399 g/mol. The van der Waals surface area contributed by atoms with E-state index >= 15 is 0 Å². The van der Waals surface area contributed by atoms with Gasteiger partial charge in [0.05, 0.1) is 19.9 Å². The highest BCUT2D eigenvalue weighted by Crippen LogP contribution is 2.21. The number of halogens is 1. The zero-order chi connectivity index (χ0) is 19.9. The second-order valence-electron chi connectivity index (χ2n) is 6.38. The Kier molecular flexibility index (Phi) is 6.61. The highest BCUT2D eigenvalue weighted by Gasteiger charge is 2.17. The number of hydrogen-bond acceptors (Lipinski definition) is 4. The van der Waals surface area contributed by atoms with Gasteiger partial charge in [-0.3, -0.25) is 4.79 Å². The van der Waals surface area contributed by atoms with Crippen LogP contribution in [0, 0.1) is 6.92 Å². The maximum Gasteiger partial charge on any atom is 0.261 e. The molecule has 146 valence electrons. The predicted octanol–water partition coefficient (Wildman–Crippen LogP) is 4.86. The number of benzene rings is 2. The molecule has 0 aliphatic heterocycles. The van der Waals surface area contributed by atoms with E-state index in [2.05, 4.69) is 0 Å². The molecule has 1 amide bonds. The summed E-state index contributed by atoms with van der Waals surface area (Å²) in [5, 5.41) is 0.664. The molecule has 2 aromatic carbocycles. The van der Waals surface area contributed by atoms with Crippen molar-refractivity contribution >= 4 is 17.5 Å². The molecule has 5 nitrogen and oxygen atoms in total. The molecule has 28 heavy (non-hydrogen) atoms. The molecule has 0 aliphatic carbocycles. The zero-order valence-electron chi connectivity index (χ0n) is 15.9. The summed E-state index contributed by atoms with van der Waals surface area (Å²) in [5.74, 6) is 1.95. The third-order valence-electron chi connectivity index (χ3n) is 4.30. The molecule has 3 aromatic rings. The topological polar surface area (TPSA) is 51.9 Å². The first-order chi connectivity index (χ1) is 13.5. The largest absolute Gasteiger partial charge is 0.497 e. The molecular weight excluding hydrogens is 378 g/mol. The van der Waals surface area contributed by atoms with E-state index < -0.39 is 0 Å². The van der Waals surface area contributed by atoms with Gasteiger partial charge in [-0.25, -0.2) is 0 Å². The molecule has 0 unspecified atom stereocenters. The quantitative estimate of drug-likeness (QED) is 0.543. The van der Waals surface area contributed by atoms with Crippen molar-refractivity contribution in [2.24, 2.45) is 0 Å². The second-order valence-corrected chi connectivity index (χ2v) is 6.78. The fourth-order valence-electron chi connectivity index (χ4n) is 2.72. The number of ether oxygens (including phenoxy) is 2. The van der Waals surface area contributed by atoms with Crippen molar-refractivity contribution in [3.63, 3.8) is 0 Å². The number of carbonyl (C=O) groups excluding carboxylic acids is 1.